The fourth-order valence-electron chi connectivity index (χ4n) is 3.28. The smallest absolute Gasteiger partial charge is 0.341 e. The molecular formula is C19H19N3O4S3. The molecule has 0 bridgehead atoms. The van der Waals surface area contributed by atoms with E-state index in [4.69, 9.17) is 4.74 Å². The lowest BCUT2D eigenvalue weighted by Gasteiger charge is -2.09. The second kappa shape index (κ2) is 8.68. The van der Waals surface area contributed by atoms with Crippen LogP contribution < -0.4 is 10.9 Å². The van der Waals surface area contributed by atoms with E-state index in [1.165, 1.54) is 28.0 Å². The number of H-pyrrole nitrogens is 1. The summed E-state index contributed by atoms with van der Waals surface area (Å²) in [7, 11) is 0. The summed E-state index contributed by atoms with van der Waals surface area (Å²) in [6.45, 7) is 2.00. The van der Waals surface area contributed by atoms with Gasteiger partial charge in [0.25, 0.3) is 5.56 Å². The van der Waals surface area contributed by atoms with Crippen molar-refractivity contribution >= 4 is 61.5 Å². The van der Waals surface area contributed by atoms with Gasteiger partial charge in [-0.3, -0.25) is 9.59 Å². The normalized spacial score (nSPS) is 13.3. The van der Waals surface area contributed by atoms with Crippen LogP contribution in [0.15, 0.2) is 21.4 Å². The molecule has 0 aliphatic heterocycles. The molecule has 0 radical (unpaired) electrons. The van der Waals surface area contributed by atoms with Crippen LogP contribution in [-0.4, -0.2) is 34.2 Å². The summed E-state index contributed by atoms with van der Waals surface area (Å²) in [5, 5.41) is 6.04. The highest BCUT2D eigenvalue weighted by molar-refractivity contribution is 7.99. The fraction of sp³-hybridized carbons (Fsp3) is 0.368. The van der Waals surface area contributed by atoms with Crippen LogP contribution in [0.5, 0.6) is 0 Å². The molecule has 1 aliphatic carbocycles. The maximum atomic E-state index is 12.6. The van der Waals surface area contributed by atoms with Gasteiger partial charge in [-0.15, -0.1) is 22.7 Å². The predicted molar refractivity (Wildman–Crippen MR) is 117 cm³/mol. The molecule has 2 N–H and O–H groups in total. The number of carbonyl (C=O) groups excluding carboxylic acids is 2. The predicted octanol–water partition coefficient (Wildman–Crippen LogP) is 3.83. The lowest BCUT2D eigenvalue weighted by molar-refractivity contribution is -0.113. The third kappa shape index (κ3) is 4.24. The van der Waals surface area contributed by atoms with Crippen LogP contribution in [0.4, 0.5) is 5.00 Å². The molecule has 7 nitrogen and oxygen atoms in total. The first-order chi connectivity index (χ1) is 14.1. The number of thiophene rings is 2. The number of anilines is 1. The lowest BCUT2D eigenvalue weighted by Crippen LogP contribution is -2.17. The third-order valence-corrected chi connectivity index (χ3v) is 7.45. The third-order valence-electron chi connectivity index (χ3n) is 4.56. The monoisotopic (exact) mass is 449 g/mol. The quantitative estimate of drug-likeness (QED) is 0.337. The molecule has 152 valence electrons. The largest absolute Gasteiger partial charge is 0.462 e. The Labute approximate surface area is 178 Å². The Morgan fingerprint density at radius 2 is 2.17 bits per heavy atom. The van der Waals surface area contributed by atoms with Crippen molar-refractivity contribution in [1.82, 2.24) is 9.97 Å². The van der Waals surface area contributed by atoms with Crippen molar-refractivity contribution in [3.05, 3.63) is 37.8 Å². The van der Waals surface area contributed by atoms with Gasteiger partial charge in [0.1, 0.15) is 9.83 Å². The number of aryl methyl sites for hydroxylation is 2. The Morgan fingerprint density at radius 1 is 1.34 bits per heavy atom. The highest BCUT2D eigenvalue weighted by Gasteiger charge is 2.20. The van der Waals surface area contributed by atoms with E-state index in [0.717, 1.165) is 36.1 Å². The van der Waals surface area contributed by atoms with E-state index in [0.29, 0.717) is 21.1 Å². The minimum absolute atomic E-state index is 0.0691. The van der Waals surface area contributed by atoms with Crippen molar-refractivity contribution in [3.63, 3.8) is 0 Å². The number of amides is 1. The van der Waals surface area contributed by atoms with Gasteiger partial charge >= 0.3 is 5.97 Å². The van der Waals surface area contributed by atoms with Gasteiger partial charge in [0, 0.05) is 4.88 Å². The van der Waals surface area contributed by atoms with E-state index in [2.05, 4.69) is 15.3 Å². The molecule has 3 heterocycles. The molecule has 0 atom stereocenters. The summed E-state index contributed by atoms with van der Waals surface area (Å²) >= 11 is 4.01. The van der Waals surface area contributed by atoms with Gasteiger partial charge in [0.15, 0.2) is 5.16 Å². The van der Waals surface area contributed by atoms with Crippen LogP contribution in [0.3, 0.4) is 0 Å². The number of rotatable bonds is 6. The zero-order valence-electron chi connectivity index (χ0n) is 15.7. The Morgan fingerprint density at radius 3 is 3.00 bits per heavy atom. The Bertz CT molecular complexity index is 1130. The van der Waals surface area contributed by atoms with Crippen molar-refractivity contribution in [2.75, 3.05) is 17.7 Å². The SMILES string of the molecule is CCOC(=O)c1ccsc1NC(=O)CSc1nc2sc3c(c2c(=O)[nH]1)CCCC3. The summed E-state index contributed by atoms with van der Waals surface area (Å²) in [5.41, 5.74) is 1.34. The first kappa shape index (κ1) is 20.1. The van der Waals surface area contributed by atoms with E-state index in [1.54, 1.807) is 29.7 Å². The Balaban J connectivity index is 1.45. The summed E-state index contributed by atoms with van der Waals surface area (Å²) in [5.74, 6) is -0.675. The molecule has 1 amide bonds. The molecule has 0 unspecified atom stereocenters. The fourth-order valence-corrected chi connectivity index (χ4v) is 6.06. The zero-order chi connectivity index (χ0) is 20.4. The summed E-state index contributed by atoms with van der Waals surface area (Å²) in [6, 6.07) is 1.62. The molecule has 0 saturated carbocycles. The molecule has 3 aromatic rings. The molecule has 0 aromatic carbocycles. The molecule has 4 rings (SSSR count). The van der Waals surface area contributed by atoms with Crippen molar-refractivity contribution in [3.8, 4) is 0 Å². The standard InChI is InChI=1S/C19H19N3O4S3/c1-2-26-18(25)11-7-8-27-16(11)20-13(23)9-28-19-21-15(24)14-10-5-3-4-6-12(10)29-17(14)22-19/h7-8H,2-6,9H2,1H3,(H,20,23)(H,21,22,24). The summed E-state index contributed by atoms with van der Waals surface area (Å²) in [6.07, 6.45) is 4.18. The van der Waals surface area contributed by atoms with Crippen LogP contribution in [0.1, 0.15) is 40.6 Å². The topological polar surface area (TPSA) is 101 Å². The van der Waals surface area contributed by atoms with Gasteiger partial charge in [0.05, 0.1) is 23.3 Å². The maximum absolute atomic E-state index is 12.6. The van der Waals surface area contributed by atoms with E-state index < -0.39 is 5.97 Å². The molecular weight excluding hydrogens is 430 g/mol. The number of aromatic amines is 1. The highest BCUT2D eigenvalue weighted by Crippen LogP contribution is 2.34. The second-order valence-corrected chi connectivity index (χ2v) is 9.45. The van der Waals surface area contributed by atoms with Crippen LogP contribution in [0.2, 0.25) is 0 Å². The van der Waals surface area contributed by atoms with Gasteiger partial charge in [-0.05, 0) is 49.6 Å². The lowest BCUT2D eigenvalue weighted by atomic mass is 9.97. The molecule has 29 heavy (non-hydrogen) atoms. The number of aromatic nitrogens is 2. The van der Waals surface area contributed by atoms with Gasteiger partial charge in [0.2, 0.25) is 5.91 Å². The number of hydrogen-bond acceptors (Lipinski definition) is 8. The first-order valence-electron chi connectivity index (χ1n) is 9.28. The number of ether oxygens (including phenoxy) is 1. The molecule has 1 aliphatic rings. The minimum atomic E-state index is -0.463. The van der Waals surface area contributed by atoms with Crippen molar-refractivity contribution in [2.24, 2.45) is 0 Å². The molecule has 0 saturated heterocycles. The van der Waals surface area contributed by atoms with Crippen molar-refractivity contribution in [1.29, 1.82) is 0 Å². The van der Waals surface area contributed by atoms with E-state index in [9.17, 15) is 14.4 Å². The first-order valence-corrected chi connectivity index (χ1v) is 12.0. The van der Waals surface area contributed by atoms with Crippen LogP contribution >= 0.6 is 34.4 Å². The molecule has 3 aromatic heterocycles. The van der Waals surface area contributed by atoms with E-state index in [-0.39, 0.29) is 23.8 Å². The van der Waals surface area contributed by atoms with Crippen molar-refractivity contribution in [2.45, 2.75) is 37.8 Å². The van der Waals surface area contributed by atoms with Crippen LogP contribution in [-0.2, 0) is 22.4 Å². The highest BCUT2D eigenvalue weighted by atomic mass is 32.2. The summed E-state index contributed by atoms with van der Waals surface area (Å²) < 4.78 is 4.99. The molecule has 0 fully saturated rings. The van der Waals surface area contributed by atoms with E-state index in [1.807, 2.05) is 0 Å². The molecule has 0 spiro atoms. The van der Waals surface area contributed by atoms with Crippen LogP contribution in [0.25, 0.3) is 10.2 Å². The van der Waals surface area contributed by atoms with Crippen LogP contribution in [0, 0.1) is 0 Å². The maximum Gasteiger partial charge on any atom is 0.341 e. The van der Waals surface area contributed by atoms with Gasteiger partial charge in [-0.1, -0.05) is 11.8 Å². The minimum Gasteiger partial charge on any atom is -0.462 e. The van der Waals surface area contributed by atoms with Gasteiger partial charge < -0.3 is 15.0 Å². The zero-order valence-corrected chi connectivity index (χ0v) is 18.2. The number of esters is 1. The average molecular weight is 450 g/mol. The Kier molecular flexibility index (Phi) is 6.02. The van der Waals surface area contributed by atoms with Gasteiger partial charge in [-0.2, -0.15) is 0 Å². The molecule has 10 heteroatoms. The average Bonchev–Trinajstić information content (AvgIpc) is 3.30. The summed E-state index contributed by atoms with van der Waals surface area (Å²) in [4.78, 5) is 46.2. The number of nitrogens with one attached hydrogen (secondary N) is 2. The van der Waals surface area contributed by atoms with Crippen molar-refractivity contribution < 1.29 is 14.3 Å². The number of hydrogen-bond donors (Lipinski definition) is 2. The van der Waals surface area contributed by atoms with E-state index >= 15 is 0 Å². The second-order valence-electron chi connectivity index (χ2n) is 6.48. The number of fused-ring (bicyclic) bond motifs is 3. The van der Waals surface area contributed by atoms with Gasteiger partial charge in [-0.25, -0.2) is 9.78 Å². The number of thioether (sulfide) groups is 1. The number of nitrogens with zero attached hydrogens (tertiary/aromatic N) is 1. The number of carbonyl (C=O) groups is 2. The Hall–Kier alpha value is -2.17.